The lowest BCUT2D eigenvalue weighted by Gasteiger charge is -2.39. The Balaban J connectivity index is 2.17. The van der Waals surface area contributed by atoms with Crippen LogP contribution in [0.5, 0.6) is 0 Å². The van der Waals surface area contributed by atoms with E-state index in [0.29, 0.717) is 12.1 Å². The fraction of sp³-hybridized carbons (Fsp3) is 0.800. The second-order valence-electron chi connectivity index (χ2n) is 5.84. The van der Waals surface area contributed by atoms with Gasteiger partial charge in [0.25, 0.3) is 0 Å². The Labute approximate surface area is 131 Å². The van der Waals surface area contributed by atoms with Crippen molar-refractivity contribution in [1.82, 2.24) is 20.0 Å². The van der Waals surface area contributed by atoms with Gasteiger partial charge in [0.1, 0.15) is 0 Å². The van der Waals surface area contributed by atoms with E-state index in [-0.39, 0.29) is 0 Å². The predicted octanol–water partition coefficient (Wildman–Crippen LogP) is 2.94. The summed E-state index contributed by atoms with van der Waals surface area (Å²) in [6.45, 7) is 12.9. The molecular weight excluding hydrogens is 316 g/mol. The lowest BCUT2D eigenvalue weighted by Crippen LogP contribution is -2.55. The summed E-state index contributed by atoms with van der Waals surface area (Å²) in [5.74, 6) is 0. The first-order valence-corrected chi connectivity index (χ1v) is 8.55. The molecule has 0 aromatic carbocycles. The summed E-state index contributed by atoms with van der Waals surface area (Å²) in [5.41, 5.74) is 2.41. The number of nitrogens with zero attached hydrogens (tertiary/aromatic N) is 3. The van der Waals surface area contributed by atoms with E-state index in [4.69, 9.17) is 0 Å². The number of piperazine rings is 1. The van der Waals surface area contributed by atoms with E-state index in [0.717, 1.165) is 31.9 Å². The van der Waals surface area contributed by atoms with Crippen molar-refractivity contribution in [3.8, 4) is 0 Å². The number of rotatable bonds is 5. The molecule has 1 fully saturated rings. The van der Waals surface area contributed by atoms with E-state index in [1.807, 2.05) is 0 Å². The van der Waals surface area contributed by atoms with Crippen LogP contribution in [0.4, 0.5) is 0 Å². The van der Waals surface area contributed by atoms with Crippen LogP contribution in [-0.2, 0) is 13.1 Å². The molecule has 1 aliphatic heterocycles. The molecule has 1 aromatic heterocycles. The first kappa shape index (κ1) is 16.0. The molecule has 2 unspecified atom stereocenters. The van der Waals surface area contributed by atoms with Crippen molar-refractivity contribution in [1.29, 1.82) is 0 Å². The van der Waals surface area contributed by atoms with Crippen molar-refractivity contribution in [3.05, 3.63) is 15.9 Å². The van der Waals surface area contributed by atoms with Crippen molar-refractivity contribution in [2.24, 2.45) is 0 Å². The topological polar surface area (TPSA) is 33.1 Å². The fourth-order valence-corrected chi connectivity index (χ4v) is 3.47. The minimum absolute atomic E-state index is 0.570. The van der Waals surface area contributed by atoms with Gasteiger partial charge in [-0.2, -0.15) is 5.10 Å². The summed E-state index contributed by atoms with van der Waals surface area (Å²) in [5, 5.41) is 8.22. The molecule has 2 heterocycles. The van der Waals surface area contributed by atoms with Crippen LogP contribution in [0.3, 0.4) is 0 Å². The molecular formula is C15H27BrN4. The average molecular weight is 343 g/mol. The van der Waals surface area contributed by atoms with Crippen LogP contribution in [-0.4, -0.2) is 39.9 Å². The zero-order valence-corrected chi connectivity index (χ0v) is 14.7. The molecule has 5 heteroatoms. The summed E-state index contributed by atoms with van der Waals surface area (Å²) in [6, 6.07) is 1.21. The van der Waals surface area contributed by atoms with Gasteiger partial charge in [-0.1, -0.05) is 13.3 Å². The van der Waals surface area contributed by atoms with Crippen LogP contribution in [0.2, 0.25) is 0 Å². The van der Waals surface area contributed by atoms with Gasteiger partial charge in [0.2, 0.25) is 0 Å². The number of halogens is 1. The Morgan fingerprint density at radius 3 is 2.80 bits per heavy atom. The summed E-state index contributed by atoms with van der Waals surface area (Å²) in [6.07, 6.45) is 2.50. The van der Waals surface area contributed by atoms with E-state index in [9.17, 15) is 0 Å². The highest BCUT2D eigenvalue weighted by Gasteiger charge is 2.27. The Bertz CT molecular complexity index is 443. The van der Waals surface area contributed by atoms with E-state index in [2.05, 4.69) is 63.6 Å². The molecule has 2 atom stereocenters. The predicted molar refractivity (Wildman–Crippen MR) is 86.9 cm³/mol. The summed E-state index contributed by atoms with van der Waals surface area (Å²) >= 11 is 3.72. The molecule has 0 aliphatic carbocycles. The number of aryl methyl sites for hydroxylation is 2. The third-order valence-electron chi connectivity index (χ3n) is 4.15. The van der Waals surface area contributed by atoms with Gasteiger partial charge in [-0.3, -0.25) is 9.58 Å². The summed E-state index contributed by atoms with van der Waals surface area (Å²) in [7, 11) is 0. The standard InChI is InChI=1S/C15H27BrN4/c1-5-7-13-8-17-11(3)9-19(13)10-14-15(16)12(4)18-20(14)6-2/h11,13,17H,5-10H2,1-4H3. The van der Waals surface area contributed by atoms with E-state index >= 15 is 0 Å². The maximum absolute atomic E-state index is 4.61. The lowest BCUT2D eigenvalue weighted by molar-refractivity contribution is 0.116. The molecule has 4 nitrogen and oxygen atoms in total. The monoisotopic (exact) mass is 342 g/mol. The van der Waals surface area contributed by atoms with Crippen LogP contribution < -0.4 is 5.32 Å². The van der Waals surface area contributed by atoms with Gasteiger partial charge in [-0.15, -0.1) is 0 Å². The highest BCUT2D eigenvalue weighted by molar-refractivity contribution is 9.10. The first-order chi connectivity index (χ1) is 9.56. The van der Waals surface area contributed by atoms with Crippen LogP contribution in [0, 0.1) is 6.92 Å². The van der Waals surface area contributed by atoms with Gasteiger partial charge in [0, 0.05) is 38.3 Å². The number of hydrogen-bond acceptors (Lipinski definition) is 3. The molecule has 0 spiro atoms. The largest absolute Gasteiger partial charge is 0.311 e. The smallest absolute Gasteiger partial charge is 0.0739 e. The van der Waals surface area contributed by atoms with Crippen LogP contribution in [0.1, 0.15) is 45.0 Å². The second kappa shape index (κ2) is 7.05. The molecule has 1 aliphatic rings. The molecule has 2 rings (SSSR count). The van der Waals surface area contributed by atoms with E-state index < -0.39 is 0 Å². The van der Waals surface area contributed by atoms with E-state index in [1.54, 1.807) is 0 Å². The van der Waals surface area contributed by atoms with Gasteiger partial charge in [0.05, 0.1) is 15.9 Å². The van der Waals surface area contributed by atoms with Crippen LogP contribution in [0.15, 0.2) is 4.47 Å². The SMILES string of the molecule is CCCC1CNC(C)CN1Cc1c(Br)c(C)nn1CC. The van der Waals surface area contributed by atoms with Gasteiger partial charge >= 0.3 is 0 Å². The molecule has 0 amide bonds. The minimum Gasteiger partial charge on any atom is -0.311 e. The normalized spacial score (nSPS) is 24.2. The number of aromatic nitrogens is 2. The Kier molecular flexibility index (Phi) is 5.64. The van der Waals surface area contributed by atoms with Crippen molar-refractivity contribution < 1.29 is 0 Å². The molecule has 1 saturated heterocycles. The van der Waals surface area contributed by atoms with Crippen LogP contribution in [0.25, 0.3) is 0 Å². The quantitative estimate of drug-likeness (QED) is 0.892. The van der Waals surface area contributed by atoms with Gasteiger partial charge < -0.3 is 5.32 Å². The van der Waals surface area contributed by atoms with Crippen LogP contribution >= 0.6 is 15.9 Å². The highest BCUT2D eigenvalue weighted by Crippen LogP contribution is 2.24. The van der Waals surface area contributed by atoms with Crippen molar-refractivity contribution in [2.45, 2.75) is 65.7 Å². The molecule has 1 N–H and O–H groups in total. The van der Waals surface area contributed by atoms with Gasteiger partial charge in [-0.25, -0.2) is 0 Å². The Morgan fingerprint density at radius 1 is 1.40 bits per heavy atom. The summed E-state index contributed by atoms with van der Waals surface area (Å²) < 4.78 is 3.32. The maximum Gasteiger partial charge on any atom is 0.0739 e. The van der Waals surface area contributed by atoms with Crippen molar-refractivity contribution >= 4 is 15.9 Å². The second-order valence-corrected chi connectivity index (χ2v) is 6.64. The number of hydrogen-bond donors (Lipinski definition) is 1. The fourth-order valence-electron chi connectivity index (χ4n) is 3.06. The Morgan fingerprint density at radius 2 is 2.15 bits per heavy atom. The highest BCUT2D eigenvalue weighted by atomic mass is 79.9. The molecule has 1 aromatic rings. The number of nitrogens with one attached hydrogen (secondary N) is 1. The average Bonchev–Trinajstić information content (AvgIpc) is 2.69. The van der Waals surface area contributed by atoms with E-state index in [1.165, 1.54) is 23.0 Å². The lowest BCUT2D eigenvalue weighted by atomic mass is 10.0. The third kappa shape index (κ3) is 3.43. The minimum atomic E-state index is 0.570. The molecule has 114 valence electrons. The van der Waals surface area contributed by atoms with Gasteiger partial charge in [0.15, 0.2) is 0 Å². The Hall–Kier alpha value is -0.390. The molecule has 0 radical (unpaired) electrons. The third-order valence-corrected chi connectivity index (χ3v) is 5.19. The zero-order chi connectivity index (χ0) is 14.7. The summed E-state index contributed by atoms with van der Waals surface area (Å²) in [4.78, 5) is 2.62. The first-order valence-electron chi connectivity index (χ1n) is 7.76. The molecule has 0 saturated carbocycles. The molecule has 0 bridgehead atoms. The zero-order valence-electron chi connectivity index (χ0n) is 13.1. The van der Waals surface area contributed by atoms with Gasteiger partial charge in [-0.05, 0) is 43.1 Å². The maximum atomic E-state index is 4.61. The molecule has 20 heavy (non-hydrogen) atoms. The van der Waals surface area contributed by atoms with Crippen molar-refractivity contribution in [3.63, 3.8) is 0 Å². The van der Waals surface area contributed by atoms with Crippen molar-refractivity contribution in [2.75, 3.05) is 13.1 Å².